The number of carbonyl (C=O) groups excluding carboxylic acids is 1. The average Bonchev–Trinajstić information content (AvgIpc) is 2.90. The molecule has 2 saturated carbocycles. The van der Waals surface area contributed by atoms with Gasteiger partial charge in [-0.05, 0) is 57.8 Å². The fourth-order valence-electron chi connectivity index (χ4n) is 3.57. The van der Waals surface area contributed by atoms with Gasteiger partial charge in [-0.15, -0.1) is 0 Å². The van der Waals surface area contributed by atoms with E-state index in [-0.39, 0.29) is 11.5 Å². The molecule has 1 N–H and O–H groups in total. The zero-order valence-corrected chi connectivity index (χ0v) is 12.4. The highest BCUT2D eigenvalue weighted by Gasteiger charge is 2.65. The quantitative estimate of drug-likeness (QED) is 0.794. The van der Waals surface area contributed by atoms with Crippen LogP contribution >= 0.6 is 0 Å². The van der Waals surface area contributed by atoms with E-state index in [0.29, 0.717) is 12.0 Å². The lowest BCUT2D eigenvalue weighted by molar-refractivity contribution is -0.237. The molecule has 1 atom stereocenters. The van der Waals surface area contributed by atoms with E-state index in [1.54, 1.807) is 0 Å². The Kier molecular flexibility index (Phi) is 2.55. The maximum atomic E-state index is 11.9. The van der Waals surface area contributed by atoms with Crippen LogP contribution in [0.2, 0.25) is 0 Å². The third-order valence-electron chi connectivity index (χ3n) is 5.29. The van der Waals surface area contributed by atoms with Gasteiger partial charge in [0.2, 0.25) is 0 Å². The van der Waals surface area contributed by atoms with Crippen molar-refractivity contribution in [2.45, 2.75) is 65.2 Å². The van der Waals surface area contributed by atoms with Gasteiger partial charge in [0.1, 0.15) is 11.8 Å². The standard InChI is InChI=1S/C15H25NO3/c1-13(2,3)19-12(18)16-9-15(11(16)17)7-10(8-15)14(4)5-6-14/h10-11,17H,5-9H2,1-4H3. The lowest BCUT2D eigenvalue weighted by Gasteiger charge is -2.63. The number of rotatable bonds is 1. The number of aliphatic hydroxyl groups is 1. The van der Waals surface area contributed by atoms with Crippen LogP contribution in [0.4, 0.5) is 4.79 Å². The summed E-state index contributed by atoms with van der Waals surface area (Å²) in [5.41, 5.74) is 0.0215. The Labute approximate surface area is 115 Å². The molecule has 2 aliphatic carbocycles. The summed E-state index contributed by atoms with van der Waals surface area (Å²) in [6.07, 6.45) is 3.79. The summed E-state index contributed by atoms with van der Waals surface area (Å²) >= 11 is 0. The number of carbonyl (C=O) groups is 1. The van der Waals surface area contributed by atoms with Crippen molar-refractivity contribution < 1.29 is 14.6 Å². The van der Waals surface area contributed by atoms with Crippen molar-refractivity contribution in [3.8, 4) is 0 Å². The van der Waals surface area contributed by atoms with Gasteiger partial charge in [-0.3, -0.25) is 4.90 Å². The normalized spacial score (nSPS) is 39.5. The van der Waals surface area contributed by atoms with E-state index < -0.39 is 11.8 Å². The molecule has 4 heteroatoms. The topological polar surface area (TPSA) is 49.8 Å². The second-order valence-corrected chi connectivity index (χ2v) is 8.10. The first-order valence-electron chi connectivity index (χ1n) is 7.33. The van der Waals surface area contributed by atoms with Crippen LogP contribution < -0.4 is 0 Å². The summed E-state index contributed by atoms with van der Waals surface area (Å²) in [6, 6.07) is 0. The predicted molar refractivity (Wildman–Crippen MR) is 71.4 cm³/mol. The number of ether oxygens (including phenoxy) is 1. The molecule has 3 fully saturated rings. The Hall–Kier alpha value is -0.770. The molecule has 1 unspecified atom stereocenters. The second kappa shape index (κ2) is 3.66. The molecule has 108 valence electrons. The zero-order chi connectivity index (χ0) is 14.1. The molecule has 3 rings (SSSR count). The van der Waals surface area contributed by atoms with Gasteiger partial charge >= 0.3 is 6.09 Å². The fraction of sp³-hybridized carbons (Fsp3) is 0.933. The molecule has 0 aromatic rings. The molecular weight excluding hydrogens is 242 g/mol. The molecular formula is C15H25NO3. The van der Waals surface area contributed by atoms with Crippen molar-refractivity contribution >= 4 is 6.09 Å². The highest BCUT2D eigenvalue weighted by molar-refractivity contribution is 5.70. The summed E-state index contributed by atoms with van der Waals surface area (Å²) in [6.45, 7) is 8.55. The van der Waals surface area contributed by atoms with Crippen LogP contribution in [-0.4, -0.2) is 34.5 Å². The molecule has 1 amide bonds. The monoisotopic (exact) mass is 267 g/mol. The van der Waals surface area contributed by atoms with Gasteiger partial charge in [0.05, 0.1) is 0 Å². The van der Waals surface area contributed by atoms with E-state index in [2.05, 4.69) is 6.92 Å². The smallest absolute Gasteiger partial charge is 0.412 e. The minimum absolute atomic E-state index is 0.0207. The first-order chi connectivity index (χ1) is 8.65. The Balaban J connectivity index is 1.53. The molecule has 0 radical (unpaired) electrons. The number of likely N-dealkylation sites (tertiary alicyclic amines) is 1. The van der Waals surface area contributed by atoms with Crippen LogP contribution in [-0.2, 0) is 4.74 Å². The lowest BCUT2D eigenvalue weighted by Crippen LogP contribution is -2.71. The molecule has 3 aliphatic rings. The lowest BCUT2D eigenvalue weighted by atomic mass is 9.53. The fourth-order valence-corrected chi connectivity index (χ4v) is 3.57. The molecule has 0 bridgehead atoms. The van der Waals surface area contributed by atoms with Gasteiger partial charge in [0.25, 0.3) is 0 Å². The van der Waals surface area contributed by atoms with E-state index in [0.717, 1.165) is 18.8 Å². The van der Waals surface area contributed by atoms with Gasteiger partial charge in [-0.1, -0.05) is 6.92 Å². The SMILES string of the molecule is CC(C)(C)OC(=O)N1CC2(CC(C3(C)CC3)C2)C1O. The molecule has 1 spiro atoms. The summed E-state index contributed by atoms with van der Waals surface area (Å²) in [4.78, 5) is 13.4. The summed E-state index contributed by atoms with van der Waals surface area (Å²) < 4.78 is 5.31. The Morgan fingerprint density at radius 1 is 1.32 bits per heavy atom. The van der Waals surface area contributed by atoms with E-state index in [9.17, 15) is 9.90 Å². The highest BCUT2D eigenvalue weighted by atomic mass is 16.6. The average molecular weight is 267 g/mol. The third kappa shape index (κ3) is 2.04. The Morgan fingerprint density at radius 3 is 2.32 bits per heavy atom. The molecule has 4 nitrogen and oxygen atoms in total. The number of nitrogens with zero attached hydrogens (tertiary/aromatic N) is 1. The van der Waals surface area contributed by atoms with E-state index in [1.807, 2.05) is 20.8 Å². The van der Waals surface area contributed by atoms with E-state index in [1.165, 1.54) is 17.7 Å². The van der Waals surface area contributed by atoms with Crippen LogP contribution in [0, 0.1) is 16.7 Å². The molecule has 1 aliphatic heterocycles. The van der Waals surface area contributed by atoms with Crippen molar-refractivity contribution in [3.05, 3.63) is 0 Å². The number of amides is 1. The maximum Gasteiger partial charge on any atom is 0.412 e. The Bertz CT molecular complexity index is 402. The maximum absolute atomic E-state index is 11.9. The second-order valence-electron chi connectivity index (χ2n) is 8.10. The number of hydrogen-bond donors (Lipinski definition) is 1. The number of hydrogen-bond acceptors (Lipinski definition) is 3. The van der Waals surface area contributed by atoms with E-state index >= 15 is 0 Å². The van der Waals surface area contributed by atoms with Crippen molar-refractivity contribution in [3.63, 3.8) is 0 Å². The van der Waals surface area contributed by atoms with Crippen LogP contribution in [0.15, 0.2) is 0 Å². The minimum atomic E-state index is -0.638. The van der Waals surface area contributed by atoms with Crippen molar-refractivity contribution in [2.24, 2.45) is 16.7 Å². The van der Waals surface area contributed by atoms with Crippen LogP contribution in [0.5, 0.6) is 0 Å². The minimum Gasteiger partial charge on any atom is -0.444 e. The van der Waals surface area contributed by atoms with Crippen molar-refractivity contribution in [1.29, 1.82) is 0 Å². The van der Waals surface area contributed by atoms with Crippen LogP contribution in [0.1, 0.15) is 53.4 Å². The van der Waals surface area contributed by atoms with Gasteiger partial charge in [0.15, 0.2) is 0 Å². The largest absolute Gasteiger partial charge is 0.444 e. The van der Waals surface area contributed by atoms with Crippen LogP contribution in [0.25, 0.3) is 0 Å². The Morgan fingerprint density at radius 2 is 1.89 bits per heavy atom. The van der Waals surface area contributed by atoms with Crippen molar-refractivity contribution in [2.75, 3.05) is 6.54 Å². The highest BCUT2D eigenvalue weighted by Crippen LogP contribution is 2.66. The van der Waals surface area contributed by atoms with Crippen LogP contribution in [0.3, 0.4) is 0 Å². The third-order valence-corrected chi connectivity index (χ3v) is 5.29. The molecule has 1 saturated heterocycles. The first kappa shape index (κ1) is 13.2. The number of aliphatic hydroxyl groups excluding tert-OH is 1. The molecule has 1 heterocycles. The van der Waals surface area contributed by atoms with Gasteiger partial charge in [0, 0.05) is 12.0 Å². The molecule has 0 aromatic carbocycles. The van der Waals surface area contributed by atoms with Gasteiger partial charge < -0.3 is 9.84 Å². The predicted octanol–water partition coefficient (Wildman–Crippen LogP) is 2.75. The van der Waals surface area contributed by atoms with Gasteiger partial charge in [-0.25, -0.2) is 4.79 Å². The van der Waals surface area contributed by atoms with Crippen molar-refractivity contribution in [1.82, 2.24) is 4.90 Å². The summed E-state index contributed by atoms with van der Waals surface area (Å²) in [7, 11) is 0. The van der Waals surface area contributed by atoms with E-state index in [4.69, 9.17) is 4.74 Å². The van der Waals surface area contributed by atoms with Gasteiger partial charge in [-0.2, -0.15) is 0 Å². The zero-order valence-electron chi connectivity index (χ0n) is 12.4. The summed E-state index contributed by atoms with van der Waals surface area (Å²) in [5.74, 6) is 0.753. The molecule has 19 heavy (non-hydrogen) atoms. The molecule has 0 aromatic heterocycles. The summed E-state index contributed by atoms with van der Waals surface area (Å²) in [5, 5.41) is 10.3. The first-order valence-corrected chi connectivity index (χ1v) is 7.33.